The van der Waals surface area contributed by atoms with Crippen molar-refractivity contribution in [3.05, 3.63) is 82.5 Å². The van der Waals surface area contributed by atoms with Gasteiger partial charge in [0.25, 0.3) is 5.88 Å². The van der Waals surface area contributed by atoms with Crippen LogP contribution in [-0.4, -0.2) is 35.6 Å². The molecular weight excluding hydrogens is 549 g/mol. The summed E-state index contributed by atoms with van der Waals surface area (Å²) in [5.74, 6) is -0.356. The van der Waals surface area contributed by atoms with E-state index in [9.17, 15) is 19.6 Å². The number of hydrogen-bond donors (Lipinski definition) is 1. The van der Waals surface area contributed by atoms with Gasteiger partial charge in [0.05, 0.1) is 34.9 Å². The van der Waals surface area contributed by atoms with Gasteiger partial charge in [0.2, 0.25) is 5.82 Å². The maximum Gasteiger partial charge on any atom is 0.337 e. The topological polar surface area (TPSA) is 151 Å². The second kappa shape index (κ2) is 11.3. The van der Waals surface area contributed by atoms with E-state index in [1.165, 1.54) is 12.3 Å². The molecule has 43 heavy (non-hydrogen) atoms. The van der Waals surface area contributed by atoms with Crippen molar-refractivity contribution in [3.63, 3.8) is 0 Å². The number of rotatable bonds is 9. The van der Waals surface area contributed by atoms with Crippen molar-refractivity contribution >= 4 is 22.7 Å². The predicted octanol–water partition coefficient (Wildman–Crippen LogP) is 5.55. The summed E-state index contributed by atoms with van der Waals surface area (Å²) in [4.78, 5) is 29.2. The summed E-state index contributed by atoms with van der Waals surface area (Å²) in [6.45, 7) is 2.47. The van der Waals surface area contributed by atoms with Crippen molar-refractivity contribution in [3.8, 4) is 18.0 Å². The van der Waals surface area contributed by atoms with Crippen molar-refractivity contribution < 1.29 is 19.0 Å². The van der Waals surface area contributed by atoms with Crippen LogP contribution in [0, 0.1) is 46.7 Å². The molecular formula is C32H28FN7O3. The highest BCUT2D eigenvalue weighted by Crippen LogP contribution is 2.47. The summed E-state index contributed by atoms with van der Waals surface area (Å²) < 4.78 is 22.2. The predicted molar refractivity (Wildman–Crippen MR) is 153 cm³/mol. The van der Waals surface area contributed by atoms with E-state index in [0.717, 1.165) is 54.4 Å². The number of carbonyl (C=O) groups is 1. The molecule has 1 atom stereocenters. The molecule has 1 fully saturated rings. The first-order valence-electron chi connectivity index (χ1n) is 14.1. The summed E-state index contributed by atoms with van der Waals surface area (Å²) in [5, 5.41) is 28.2. The Hall–Kier alpha value is -5.16. The number of allylic oxidation sites excluding steroid dienone is 2. The van der Waals surface area contributed by atoms with Crippen LogP contribution in [0.4, 0.5) is 4.39 Å². The molecule has 6 rings (SSSR count). The summed E-state index contributed by atoms with van der Waals surface area (Å²) in [7, 11) is 0. The van der Waals surface area contributed by atoms with Crippen LogP contribution in [0.15, 0.2) is 42.7 Å². The highest BCUT2D eigenvalue weighted by molar-refractivity contribution is 5.90. The fourth-order valence-electron chi connectivity index (χ4n) is 5.47. The molecule has 0 bridgehead atoms. The molecule has 11 heteroatoms. The van der Waals surface area contributed by atoms with E-state index in [2.05, 4.69) is 33.2 Å². The van der Waals surface area contributed by atoms with Gasteiger partial charge in [-0.05, 0) is 79.8 Å². The first-order chi connectivity index (χ1) is 20.8. The Morgan fingerprint density at radius 3 is 2.72 bits per heavy atom. The molecule has 2 aliphatic rings. The Balaban J connectivity index is 1.18. The van der Waals surface area contributed by atoms with Crippen molar-refractivity contribution in [2.75, 3.05) is 0 Å². The number of aromatic nitrogens is 5. The summed E-state index contributed by atoms with van der Waals surface area (Å²) in [5.41, 5.74) is 3.93. The number of nitrogens with zero attached hydrogens (tertiary/aromatic N) is 7. The van der Waals surface area contributed by atoms with Gasteiger partial charge in [-0.15, -0.1) is 0 Å². The minimum atomic E-state index is -1.06. The number of carboxylic acids is 1. The number of fused-ring (bicyclic) bond motifs is 1. The molecule has 1 N–H and O–H groups in total. The van der Waals surface area contributed by atoms with Gasteiger partial charge in [0.1, 0.15) is 17.9 Å². The van der Waals surface area contributed by atoms with Gasteiger partial charge in [0.15, 0.2) is 11.5 Å². The van der Waals surface area contributed by atoms with Crippen molar-refractivity contribution in [2.24, 2.45) is 11.3 Å². The number of imidazole rings is 1. The smallest absolute Gasteiger partial charge is 0.337 e. The molecule has 0 saturated heterocycles. The van der Waals surface area contributed by atoms with Crippen molar-refractivity contribution in [1.29, 1.82) is 10.5 Å². The summed E-state index contributed by atoms with van der Waals surface area (Å²) in [6.07, 6.45) is 9.07. The molecule has 1 aromatic carbocycles. The lowest BCUT2D eigenvalue weighted by molar-refractivity contribution is 0.0696. The van der Waals surface area contributed by atoms with E-state index in [1.807, 2.05) is 11.5 Å². The Kier molecular flexibility index (Phi) is 7.32. The largest absolute Gasteiger partial charge is 0.478 e. The third-order valence-corrected chi connectivity index (χ3v) is 8.29. The van der Waals surface area contributed by atoms with Gasteiger partial charge in [0, 0.05) is 19.2 Å². The highest BCUT2D eigenvalue weighted by Gasteiger charge is 2.44. The molecule has 2 aliphatic carbocycles. The number of nitriles is 2. The van der Waals surface area contributed by atoms with Crippen molar-refractivity contribution in [1.82, 2.24) is 24.5 Å². The summed E-state index contributed by atoms with van der Waals surface area (Å²) >= 11 is 0. The third-order valence-electron chi connectivity index (χ3n) is 8.29. The van der Waals surface area contributed by atoms with Gasteiger partial charge in [-0.2, -0.15) is 19.9 Å². The van der Waals surface area contributed by atoms with Crippen LogP contribution in [0.25, 0.3) is 16.7 Å². The van der Waals surface area contributed by atoms with Gasteiger partial charge in [-0.1, -0.05) is 12.1 Å². The van der Waals surface area contributed by atoms with E-state index >= 15 is 0 Å². The highest BCUT2D eigenvalue weighted by atomic mass is 19.1. The fraction of sp³-hybridized carbons (Fsp3) is 0.344. The van der Waals surface area contributed by atoms with Gasteiger partial charge >= 0.3 is 5.97 Å². The zero-order valence-electron chi connectivity index (χ0n) is 23.5. The second-order valence-electron chi connectivity index (χ2n) is 11.3. The number of aryl methyl sites for hydroxylation is 1. The normalized spacial score (nSPS) is 17.1. The average molecular weight is 578 g/mol. The van der Waals surface area contributed by atoms with Crippen LogP contribution in [0.3, 0.4) is 0 Å². The standard InChI is InChI=1S/C32H28FN7O3/c1-19-10-21(13-34)4-7-23(19)16-43-30-25(33)15-36-28(39-30)22-5-2-20(3-6-22)11-27-38-26-12-24(31(41)42)14-37-29(26)40(27)18-32(17-35)8-9-32/h4-5,7,10,12,14-15,20H,2-3,6,8-9,11,16,18H2,1H3,(H,41,42). The molecule has 0 aliphatic heterocycles. The summed E-state index contributed by atoms with van der Waals surface area (Å²) in [6, 6.07) is 11.3. The number of carboxylic acid groups (broad SMARTS) is 1. The minimum absolute atomic E-state index is 0.0741. The maximum atomic E-state index is 14.5. The molecule has 1 unspecified atom stereocenters. The quantitative estimate of drug-likeness (QED) is 0.270. The Bertz CT molecular complexity index is 1860. The van der Waals surface area contributed by atoms with E-state index in [4.69, 9.17) is 15.0 Å². The maximum absolute atomic E-state index is 14.5. The zero-order chi connectivity index (χ0) is 30.1. The fourth-order valence-corrected chi connectivity index (χ4v) is 5.47. The molecule has 4 aromatic rings. The lowest BCUT2D eigenvalue weighted by Crippen LogP contribution is -2.17. The van der Waals surface area contributed by atoms with E-state index in [0.29, 0.717) is 41.9 Å². The van der Waals surface area contributed by atoms with Crippen molar-refractivity contribution in [2.45, 2.75) is 58.6 Å². The number of benzene rings is 1. The van der Waals surface area contributed by atoms with Gasteiger partial charge in [-0.3, -0.25) is 0 Å². The molecule has 1 saturated carbocycles. The molecule has 10 nitrogen and oxygen atoms in total. The van der Waals surface area contributed by atoms with Gasteiger partial charge < -0.3 is 14.4 Å². The average Bonchev–Trinajstić information content (AvgIpc) is 3.72. The monoisotopic (exact) mass is 577 g/mol. The van der Waals surface area contributed by atoms with Crippen LogP contribution in [0.2, 0.25) is 0 Å². The van der Waals surface area contributed by atoms with E-state index in [-0.39, 0.29) is 24.0 Å². The lowest BCUT2D eigenvalue weighted by Gasteiger charge is -2.22. The van der Waals surface area contributed by atoms with E-state index in [1.54, 1.807) is 18.2 Å². The van der Waals surface area contributed by atoms with Crippen LogP contribution >= 0.6 is 0 Å². The first kappa shape index (κ1) is 28.0. The van der Waals surface area contributed by atoms with Gasteiger partial charge in [-0.25, -0.2) is 19.7 Å². The Morgan fingerprint density at radius 2 is 2.05 bits per heavy atom. The molecule has 0 amide bonds. The molecule has 216 valence electrons. The van der Waals surface area contributed by atoms with Crippen LogP contribution < -0.4 is 4.74 Å². The number of hydrogen-bond acceptors (Lipinski definition) is 8. The lowest BCUT2D eigenvalue weighted by atomic mass is 9.87. The Labute approximate surface area is 247 Å². The first-order valence-corrected chi connectivity index (χ1v) is 14.1. The Morgan fingerprint density at radius 1 is 1.21 bits per heavy atom. The molecule has 0 radical (unpaired) electrons. The number of pyridine rings is 1. The second-order valence-corrected chi connectivity index (χ2v) is 11.3. The SMILES string of the molecule is Cc1cc(C#N)ccc1COc1nc(C2=CCC(Cc3nc4cc(C(=O)O)cnc4n3CC3(C#N)CC3)CC2)ncc1F. The number of aromatic carboxylic acids is 1. The molecule has 0 spiro atoms. The number of ether oxygens (including phenoxy) is 1. The van der Waals surface area contributed by atoms with Crippen LogP contribution in [0.5, 0.6) is 5.88 Å². The minimum Gasteiger partial charge on any atom is -0.478 e. The molecule has 3 heterocycles. The zero-order valence-corrected chi connectivity index (χ0v) is 23.5. The van der Waals surface area contributed by atoms with Crippen LogP contribution in [-0.2, 0) is 19.6 Å². The van der Waals surface area contributed by atoms with E-state index < -0.39 is 17.2 Å². The third kappa shape index (κ3) is 5.80. The molecule has 3 aromatic heterocycles. The van der Waals surface area contributed by atoms with Crippen LogP contribution in [0.1, 0.15) is 70.8 Å². The number of halogens is 1.